The summed E-state index contributed by atoms with van der Waals surface area (Å²) >= 11 is 0. The lowest BCUT2D eigenvalue weighted by molar-refractivity contribution is -0.0500. The van der Waals surface area contributed by atoms with Gasteiger partial charge in [0.15, 0.2) is 11.5 Å². The van der Waals surface area contributed by atoms with Crippen molar-refractivity contribution in [1.82, 2.24) is 0 Å². The van der Waals surface area contributed by atoms with E-state index in [4.69, 9.17) is 4.74 Å². The Bertz CT molecular complexity index is 980. The van der Waals surface area contributed by atoms with Crippen LogP contribution in [-0.2, 0) is 15.5 Å². The first-order valence-corrected chi connectivity index (χ1v) is 10.3. The maximum Gasteiger partial charge on any atom is 0.534 e. The number of phenols is 1. The molecule has 0 aromatic heterocycles. The molecule has 160 valence electrons. The second-order valence-corrected chi connectivity index (χ2v) is 8.18. The standard InChI is InChI=1S/C20H23F3O5S/c1-5-19(6-2,14-7-9-16(24)13(3)11-14)15-8-10-17(18(12-15)27-4)28-29(25,26)20(21,22)23/h7-12,24H,5-6H2,1-4H3. The van der Waals surface area contributed by atoms with Crippen LogP contribution in [0.5, 0.6) is 17.2 Å². The van der Waals surface area contributed by atoms with Crippen molar-refractivity contribution in [2.24, 2.45) is 0 Å². The molecule has 1 N–H and O–H groups in total. The summed E-state index contributed by atoms with van der Waals surface area (Å²) in [6, 6.07) is 9.41. The Hall–Kier alpha value is -2.42. The summed E-state index contributed by atoms with van der Waals surface area (Å²) in [7, 11) is -4.59. The van der Waals surface area contributed by atoms with Gasteiger partial charge in [0.2, 0.25) is 0 Å². The van der Waals surface area contributed by atoms with Gasteiger partial charge in [0.1, 0.15) is 5.75 Å². The number of hydrogen-bond donors (Lipinski definition) is 1. The van der Waals surface area contributed by atoms with Crippen LogP contribution in [0.2, 0.25) is 0 Å². The van der Waals surface area contributed by atoms with E-state index >= 15 is 0 Å². The van der Waals surface area contributed by atoms with Gasteiger partial charge in [-0.25, -0.2) is 0 Å². The van der Waals surface area contributed by atoms with Gasteiger partial charge in [0.25, 0.3) is 0 Å². The SMILES string of the molecule is CCC(CC)(c1ccc(O)c(C)c1)c1ccc(OS(=O)(=O)C(F)(F)F)c(OC)c1. The van der Waals surface area contributed by atoms with Gasteiger partial charge in [-0.2, -0.15) is 21.6 Å². The fourth-order valence-electron chi connectivity index (χ4n) is 3.39. The molecule has 0 bridgehead atoms. The molecule has 0 saturated heterocycles. The molecule has 0 radical (unpaired) electrons. The Labute approximate surface area is 168 Å². The molecule has 9 heteroatoms. The molecular weight excluding hydrogens is 409 g/mol. The zero-order valence-electron chi connectivity index (χ0n) is 16.5. The largest absolute Gasteiger partial charge is 0.534 e. The van der Waals surface area contributed by atoms with Crippen LogP contribution in [0.3, 0.4) is 0 Å². The van der Waals surface area contributed by atoms with Crippen molar-refractivity contribution in [3.05, 3.63) is 53.1 Å². The Balaban J connectivity index is 2.59. The van der Waals surface area contributed by atoms with Crippen molar-refractivity contribution in [2.45, 2.75) is 44.5 Å². The predicted molar refractivity (Wildman–Crippen MR) is 103 cm³/mol. The zero-order valence-corrected chi connectivity index (χ0v) is 17.3. The molecule has 2 aromatic carbocycles. The van der Waals surface area contributed by atoms with E-state index < -0.39 is 26.8 Å². The third-order valence-corrected chi connectivity index (χ3v) is 6.12. The Morgan fingerprint density at radius 2 is 1.52 bits per heavy atom. The number of phenolic OH excluding ortho intramolecular Hbond substituents is 1. The summed E-state index contributed by atoms with van der Waals surface area (Å²) in [5.74, 6) is -0.512. The summed E-state index contributed by atoms with van der Waals surface area (Å²) in [5, 5.41) is 9.83. The van der Waals surface area contributed by atoms with E-state index in [9.17, 15) is 26.7 Å². The third-order valence-electron chi connectivity index (χ3n) is 5.16. The molecule has 2 rings (SSSR count). The first-order chi connectivity index (χ1) is 13.4. The van der Waals surface area contributed by atoms with Gasteiger partial charge in [-0.15, -0.1) is 0 Å². The molecule has 2 aromatic rings. The molecule has 0 heterocycles. The van der Waals surface area contributed by atoms with E-state index in [1.807, 2.05) is 19.9 Å². The second kappa shape index (κ2) is 8.14. The zero-order chi connectivity index (χ0) is 22.0. The van der Waals surface area contributed by atoms with Crippen LogP contribution in [0.25, 0.3) is 0 Å². The highest BCUT2D eigenvalue weighted by molar-refractivity contribution is 7.88. The van der Waals surface area contributed by atoms with E-state index in [1.165, 1.54) is 19.2 Å². The number of alkyl halides is 3. The van der Waals surface area contributed by atoms with Crippen molar-refractivity contribution in [1.29, 1.82) is 0 Å². The van der Waals surface area contributed by atoms with Crippen LogP contribution < -0.4 is 8.92 Å². The fourth-order valence-corrected chi connectivity index (χ4v) is 3.85. The minimum absolute atomic E-state index is 0.128. The molecule has 0 aliphatic rings. The molecule has 0 saturated carbocycles. The lowest BCUT2D eigenvalue weighted by Crippen LogP contribution is -2.28. The molecule has 0 aliphatic carbocycles. The molecule has 0 aliphatic heterocycles. The van der Waals surface area contributed by atoms with Crippen LogP contribution in [0.4, 0.5) is 13.2 Å². The average Bonchev–Trinajstić information content (AvgIpc) is 2.65. The van der Waals surface area contributed by atoms with Crippen LogP contribution in [0, 0.1) is 6.92 Å². The minimum atomic E-state index is -5.81. The lowest BCUT2D eigenvalue weighted by Gasteiger charge is -2.34. The van der Waals surface area contributed by atoms with Gasteiger partial charge in [-0.3, -0.25) is 0 Å². The minimum Gasteiger partial charge on any atom is -0.508 e. The van der Waals surface area contributed by atoms with E-state index in [-0.39, 0.29) is 11.5 Å². The van der Waals surface area contributed by atoms with Crippen molar-refractivity contribution in [3.63, 3.8) is 0 Å². The normalized spacial score (nSPS) is 12.7. The van der Waals surface area contributed by atoms with Crippen molar-refractivity contribution < 1.29 is 35.6 Å². The average molecular weight is 432 g/mol. The van der Waals surface area contributed by atoms with Gasteiger partial charge in [-0.05, 0) is 54.7 Å². The lowest BCUT2D eigenvalue weighted by atomic mass is 9.70. The highest BCUT2D eigenvalue weighted by Crippen LogP contribution is 2.43. The van der Waals surface area contributed by atoms with Crippen LogP contribution in [0.15, 0.2) is 36.4 Å². The fraction of sp³-hybridized carbons (Fsp3) is 0.400. The number of hydrogen-bond acceptors (Lipinski definition) is 5. The summed E-state index contributed by atoms with van der Waals surface area (Å²) < 4.78 is 70.0. The number of methoxy groups -OCH3 is 1. The maximum atomic E-state index is 12.7. The van der Waals surface area contributed by atoms with Gasteiger partial charge in [-0.1, -0.05) is 32.0 Å². The smallest absolute Gasteiger partial charge is 0.508 e. The highest BCUT2D eigenvalue weighted by atomic mass is 32.2. The number of aromatic hydroxyl groups is 1. The van der Waals surface area contributed by atoms with Crippen molar-refractivity contribution in [3.8, 4) is 17.2 Å². The molecule has 29 heavy (non-hydrogen) atoms. The van der Waals surface area contributed by atoms with Crippen LogP contribution in [0.1, 0.15) is 43.4 Å². The molecule has 0 unspecified atom stereocenters. The highest BCUT2D eigenvalue weighted by Gasteiger charge is 2.49. The van der Waals surface area contributed by atoms with E-state index in [0.717, 1.165) is 17.2 Å². The summed E-state index contributed by atoms with van der Waals surface area (Å²) in [4.78, 5) is 0. The Morgan fingerprint density at radius 3 is 2.00 bits per heavy atom. The summed E-state index contributed by atoms with van der Waals surface area (Å²) in [6.45, 7) is 5.71. The van der Waals surface area contributed by atoms with Crippen LogP contribution in [-0.4, -0.2) is 26.1 Å². The van der Waals surface area contributed by atoms with Gasteiger partial charge < -0.3 is 14.0 Å². The van der Waals surface area contributed by atoms with Crippen LogP contribution >= 0.6 is 0 Å². The van der Waals surface area contributed by atoms with Gasteiger partial charge >= 0.3 is 15.6 Å². The van der Waals surface area contributed by atoms with E-state index in [1.54, 1.807) is 19.1 Å². The third kappa shape index (κ3) is 4.29. The maximum absolute atomic E-state index is 12.7. The van der Waals surface area contributed by atoms with Gasteiger partial charge in [0, 0.05) is 5.41 Å². The van der Waals surface area contributed by atoms with E-state index in [2.05, 4.69) is 4.18 Å². The Morgan fingerprint density at radius 1 is 0.966 bits per heavy atom. The first-order valence-electron chi connectivity index (χ1n) is 8.91. The summed E-state index contributed by atoms with van der Waals surface area (Å²) in [6.07, 6.45) is 1.30. The summed E-state index contributed by atoms with van der Waals surface area (Å²) in [5.41, 5.74) is -3.74. The quantitative estimate of drug-likeness (QED) is 0.490. The van der Waals surface area contributed by atoms with Crippen molar-refractivity contribution in [2.75, 3.05) is 7.11 Å². The molecule has 5 nitrogen and oxygen atoms in total. The van der Waals surface area contributed by atoms with Crippen molar-refractivity contribution >= 4 is 10.1 Å². The number of aryl methyl sites for hydroxylation is 1. The monoisotopic (exact) mass is 432 g/mol. The predicted octanol–water partition coefficient (Wildman–Crippen LogP) is 5.04. The molecular formula is C20H23F3O5S. The number of benzene rings is 2. The molecule has 0 spiro atoms. The topological polar surface area (TPSA) is 72.8 Å². The first kappa shape index (κ1) is 22.9. The number of rotatable bonds is 7. The molecule has 0 amide bonds. The van der Waals surface area contributed by atoms with Gasteiger partial charge in [0.05, 0.1) is 7.11 Å². The number of halogens is 3. The molecule has 0 fully saturated rings. The number of ether oxygens (including phenoxy) is 1. The second-order valence-electron chi connectivity index (χ2n) is 6.64. The molecule has 0 atom stereocenters. The van der Waals surface area contributed by atoms with E-state index in [0.29, 0.717) is 18.4 Å². The Kier molecular flexibility index (Phi) is 6.42.